The average Bonchev–Trinajstić information content (AvgIpc) is 3.46. The van der Waals surface area contributed by atoms with Gasteiger partial charge in [0.2, 0.25) is 11.8 Å². The Bertz CT molecular complexity index is 1040. The number of hydrogen-bond donors (Lipinski definition) is 0. The van der Waals surface area contributed by atoms with Gasteiger partial charge < -0.3 is 4.90 Å². The summed E-state index contributed by atoms with van der Waals surface area (Å²) in [5.41, 5.74) is 2.80. The molecule has 140 valence electrons. The summed E-state index contributed by atoms with van der Waals surface area (Å²) in [6, 6.07) is 9.79. The van der Waals surface area contributed by atoms with Gasteiger partial charge in [-0.15, -0.1) is 11.3 Å². The molecule has 8 heteroatoms. The first-order valence-electron chi connectivity index (χ1n) is 9.08. The van der Waals surface area contributed by atoms with Gasteiger partial charge in [0.25, 0.3) is 0 Å². The number of carbonyl (C=O) groups is 2. The Morgan fingerprint density at radius 1 is 1.14 bits per heavy atom. The van der Waals surface area contributed by atoms with Crippen LogP contribution in [0.4, 0.5) is 5.13 Å². The van der Waals surface area contributed by atoms with E-state index in [4.69, 9.17) is 0 Å². The standard InChI is InChI=1S/C20H17N5O2S/c26-17-8-14(11-25(17)20-21-6-7-28-20)19(27)24-10-15-9-22-18(23-16(15)12-24)13-4-2-1-3-5-13/h1-7,9,14H,8,10-12H2. The minimum atomic E-state index is -0.340. The SMILES string of the molecule is O=C(C1CC(=O)N(c2nccs2)C1)N1Cc2cnc(-c3ccccc3)nc2C1. The number of thiazole rings is 1. The lowest BCUT2D eigenvalue weighted by atomic mass is 10.1. The van der Waals surface area contributed by atoms with Crippen LogP contribution in [0.5, 0.6) is 0 Å². The molecule has 2 aliphatic rings. The van der Waals surface area contributed by atoms with E-state index < -0.39 is 0 Å². The van der Waals surface area contributed by atoms with Crippen molar-refractivity contribution >= 4 is 28.3 Å². The summed E-state index contributed by atoms with van der Waals surface area (Å²) in [7, 11) is 0. The minimum Gasteiger partial charge on any atom is -0.332 e. The van der Waals surface area contributed by atoms with Crippen molar-refractivity contribution in [2.75, 3.05) is 11.4 Å². The van der Waals surface area contributed by atoms with Crippen LogP contribution in [0.2, 0.25) is 0 Å². The van der Waals surface area contributed by atoms with Crippen LogP contribution in [0, 0.1) is 5.92 Å². The molecule has 1 atom stereocenters. The van der Waals surface area contributed by atoms with Gasteiger partial charge in [-0.2, -0.15) is 0 Å². The molecule has 0 bridgehead atoms. The molecule has 1 fully saturated rings. The molecule has 5 rings (SSSR count). The fourth-order valence-electron chi connectivity index (χ4n) is 3.70. The summed E-state index contributed by atoms with van der Waals surface area (Å²) in [5, 5.41) is 2.49. The van der Waals surface area contributed by atoms with Crippen LogP contribution < -0.4 is 4.90 Å². The van der Waals surface area contributed by atoms with Gasteiger partial charge in [-0.1, -0.05) is 30.3 Å². The molecule has 1 aromatic carbocycles. The Kier molecular flexibility index (Phi) is 4.12. The maximum atomic E-state index is 13.0. The van der Waals surface area contributed by atoms with Crippen molar-refractivity contribution in [3.8, 4) is 11.4 Å². The molecule has 1 unspecified atom stereocenters. The molecule has 2 aromatic heterocycles. The lowest BCUT2D eigenvalue weighted by Gasteiger charge is -2.19. The first-order chi connectivity index (χ1) is 13.7. The molecule has 2 amide bonds. The van der Waals surface area contributed by atoms with Crippen molar-refractivity contribution in [3.05, 3.63) is 59.4 Å². The second-order valence-corrected chi connectivity index (χ2v) is 7.82. The van der Waals surface area contributed by atoms with Crippen LogP contribution >= 0.6 is 11.3 Å². The van der Waals surface area contributed by atoms with Gasteiger partial charge in [-0.25, -0.2) is 15.0 Å². The topological polar surface area (TPSA) is 79.3 Å². The zero-order chi connectivity index (χ0) is 19.1. The fourth-order valence-corrected chi connectivity index (χ4v) is 4.37. The predicted molar refractivity (Wildman–Crippen MR) is 104 cm³/mol. The molecule has 4 heterocycles. The Labute approximate surface area is 165 Å². The molecular formula is C20H17N5O2S. The number of rotatable bonds is 3. The molecule has 28 heavy (non-hydrogen) atoms. The summed E-state index contributed by atoms with van der Waals surface area (Å²) in [5.74, 6) is 0.273. The van der Waals surface area contributed by atoms with Crippen molar-refractivity contribution in [2.24, 2.45) is 5.92 Å². The average molecular weight is 391 g/mol. The maximum absolute atomic E-state index is 13.0. The second kappa shape index (κ2) is 6.79. The molecule has 0 N–H and O–H groups in total. The first kappa shape index (κ1) is 17.0. The van der Waals surface area contributed by atoms with E-state index in [-0.39, 0.29) is 24.2 Å². The Morgan fingerprint density at radius 2 is 2.00 bits per heavy atom. The Morgan fingerprint density at radius 3 is 2.79 bits per heavy atom. The van der Waals surface area contributed by atoms with Gasteiger partial charge >= 0.3 is 0 Å². The summed E-state index contributed by atoms with van der Waals surface area (Å²) >= 11 is 1.41. The third kappa shape index (κ3) is 2.95. The fraction of sp³-hybridized carbons (Fsp3) is 0.250. The van der Waals surface area contributed by atoms with E-state index in [0.717, 1.165) is 16.8 Å². The monoisotopic (exact) mass is 391 g/mol. The number of fused-ring (bicyclic) bond motifs is 1. The van der Waals surface area contributed by atoms with E-state index in [1.165, 1.54) is 11.3 Å². The highest BCUT2D eigenvalue weighted by molar-refractivity contribution is 7.13. The van der Waals surface area contributed by atoms with Gasteiger partial charge in [0.1, 0.15) is 0 Å². The second-order valence-electron chi connectivity index (χ2n) is 6.95. The van der Waals surface area contributed by atoms with Gasteiger partial charge in [0.15, 0.2) is 11.0 Å². The zero-order valence-corrected chi connectivity index (χ0v) is 15.8. The summed E-state index contributed by atoms with van der Waals surface area (Å²) < 4.78 is 0. The van der Waals surface area contributed by atoms with Crippen LogP contribution in [0.25, 0.3) is 11.4 Å². The predicted octanol–water partition coefficient (Wildman–Crippen LogP) is 2.50. The molecule has 0 aliphatic carbocycles. The van der Waals surface area contributed by atoms with Crippen molar-refractivity contribution in [3.63, 3.8) is 0 Å². The number of benzene rings is 1. The molecule has 1 saturated heterocycles. The highest BCUT2D eigenvalue weighted by Crippen LogP contribution is 2.30. The molecule has 0 saturated carbocycles. The van der Waals surface area contributed by atoms with Crippen molar-refractivity contribution in [1.29, 1.82) is 0 Å². The minimum absolute atomic E-state index is 0.00772. The van der Waals surface area contributed by atoms with Crippen LogP contribution in [-0.4, -0.2) is 38.2 Å². The number of carbonyl (C=O) groups excluding carboxylic acids is 2. The van der Waals surface area contributed by atoms with E-state index in [1.54, 1.807) is 22.2 Å². The molecule has 2 aliphatic heterocycles. The molecule has 0 radical (unpaired) electrons. The smallest absolute Gasteiger partial charge is 0.229 e. The molecule has 7 nitrogen and oxygen atoms in total. The third-order valence-corrected chi connectivity index (χ3v) is 5.92. The highest BCUT2D eigenvalue weighted by Gasteiger charge is 2.39. The highest BCUT2D eigenvalue weighted by atomic mass is 32.1. The quantitative estimate of drug-likeness (QED) is 0.685. The largest absolute Gasteiger partial charge is 0.332 e. The number of anilines is 1. The van der Waals surface area contributed by atoms with Crippen LogP contribution in [-0.2, 0) is 22.7 Å². The van der Waals surface area contributed by atoms with E-state index in [2.05, 4.69) is 15.0 Å². The van der Waals surface area contributed by atoms with Gasteiger partial charge in [-0.05, 0) is 0 Å². The summed E-state index contributed by atoms with van der Waals surface area (Å²) in [6.07, 6.45) is 3.70. The van der Waals surface area contributed by atoms with E-state index in [1.807, 2.05) is 35.7 Å². The molecular weight excluding hydrogens is 374 g/mol. The Balaban J connectivity index is 1.31. The van der Waals surface area contributed by atoms with Gasteiger partial charge in [0, 0.05) is 48.4 Å². The van der Waals surface area contributed by atoms with Crippen LogP contribution in [0.1, 0.15) is 17.7 Å². The molecule has 0 spiro atoms. The van der Waals surface area contributed by atoms with E-state index in [9.17, 15) is 9.59 Å². The van der Waals surface area contributed by atoms with Crippen molar-refractivity contribution in [1.82, 2.24) is 19.9 Å². The number of amides is 2. The summed E-state index contributed by atoms with van der Waals surface area (Å²) in [4.78, 5) is 42.0. The van der Waals surface area contributed by atoms with Crippen LogP contribution in [0.15, 0.2) is 48.1 Å². The third-order valence-electron chi connectivity index (χ3n) is 5.12. The first-order valence-corrected chi connectivity index (χ1v) is 9.96. The maximum Gasteiger partial charge on any atom is 0.229 e. The zero-order valence-electron chi connectivity index (χ0n) is 15.0. The number of hydrogen-bond acceptors (Lipinski definition) is 6. The van der Waals surface area contributed by atoms with Gasteiger partial charge in [-0.3, -0.25) is 14.5 Å². The van der Waals surface area contributed by atoms with E-state index >= 15 is 0 Å². The normalized spacial score (nSPS) is 18.6. The number of nitrogens with zero attached hydrogens (tertiary/aromatic N) is 5. The lowest BCUT2D eigenvalue weighted by Crippen LogP contribution is -2.34. The van der Waals surface area contributed by atoms with Gasteiger partial charge in [0.05, 0.1) is 18.2 Å². The lowest BCUT2D eigenvalue weighted by molar-refractivity contribution is -0.136. The molecule has 3 aromatic rings. The van der Waals surface area contributed by atoms with Crippen molar-refractivity contribution in [2.45, 2.75) is 19.5 Å². The Hall–Kier alpha value is -3.13. The van der Waals surface area contributed by atoms with Crippen LogP contribution in [0.3, 0.4) is 0 Å². The van der Waals surface area contributed by atoms with Crippen molar-refractivity contribution < 1.29 is 9.59 Å². The van der Waals surface area contributed by atoms with E-state index in [0.29, 0.717) is 30.6 Å². The number of aromatic nitrogens is 3. The summed E-state index contributed by atoms with van der Waals surface area (Å²) in [6.45, 7) is 1.34.